The fourth-order valence-electron chi connectivity index (χ4n) is 9.58. The highest BCUT2D eigenvalue weighted by molar-refractivity contribution is 5.50. The molecule has 0 bridgehead atoms. The highest BCUT2D eigenvalue weighted by Gasteiger charge is 2.51. The summed E-state index contributed by atoms with van der Waals surface area (Å²) >= 11 is 0. The van der Waals surface area contributed by atoms with Crippen molar-refractivity contribution in [2.45, 2.75) is 122 Å². The van der Waals surface area contributed by atoms with Gasteiger partial charge in [-0.3, -0.25) is 0 Å². The van der Waals surface area contributed by atoms with Gasteiger partial charge in [-0.2, -0.15) is 0 Å². The van der Waals surface area contributed by atoms with E-state index in [2.05, 4.69) is 19.9 Å². The van der Waals surface area contributed by atoms with Crippen LogP contribution >= 0.6 is 0 Å². The topological polar surface area (TPSA) is 113 Å². The number of benzene rings is 1. The van der Waals surface area contributed by atoms with E-state index in [4.69, 9.17) is 0 Å². The molecule has 0 radical (unpaired) electrons. The van der Waals surface area contributed by atoms with Crippen molar-refractivity contribution < 1.29 is 15.3 Å². The van der Waals surface area contributed by atoms with Gasteiger partial charge < -0.3 is 20.2 Å². The second-order valence-electron chi connectivity index (χ2n) is 15.8. The van der Waals surface area contributed by atoms with E-state index in [1.807, 2.05) is 45.0 Å². The lowest BCUT2D eigenvalue weighted by Gasteiger charge is -2.45. The molecule has 1 unspecified atom stereocenters. The van der Waals surface area contributed by atoms with Crippen molar-refractivity contribution in [2.24, 2.45) is 23.2 Å². The number of hydrogen-bond donors (Lipinski definition) is 3. The van der Waals surface area contributed by atoms with Gasteiger partial charge in [0.2, 0.25) is 0 Å². The number of aromatic nitrogens is 3. The van der Waals surface area contributed by atoms with Crippen LogP contribution in [0.2, 0.25) is 0 Å². The third-order valence-corrected chi connectivity index (χ3v) is 11.9. The summed E-state index contributed by atoms with van der Waals surface area (Å²) in [5, 5.41) is 32.2. The molecular weight excluding hydrogens is 580 g/mol. The predicted octanol–water partition coefficient (Wildman–Crippen LogP) is 4.95. The molecule has 9 nitrogen and oxygen atoms in total. The number of nitrogens with zero attached hydrogens (tertiary/aromatic N) is 4. The molecule has 2 aromatic rings. The fourth-order valence-corrected chi connectivity index (χ4v) is 9.58. The summed E-state index contributed by atoms with van der Waals surface area (Å²) in [5.74, 6) is 1.54. The zero-order chi connectivity index (χ0) is 33.1. The fraction of sp³-hybridized carbons (Fsp3) is 0.676. The van der Waals surface area contributed by atoms with Crippen LogP contribution in [0.4, 0.5) is 5.69 Å². The van der Waals surface area contributed by atoms with Crippen LogP contribution in [0.1, 0.15) is 97.9 Å². The van der Waals surface area contributed by atoms with Crippen LogP contribution in [-0.4, -0.2) is 61.2 Å². The van der Waals surface area contributed by atoms with Gasteiger partial charge in [0.05, 0.1) is 36.1 Å². The smallest absolute Gasteiger partial charge is 0.352 e. The van der Waals surface area contributed by atoms with Crippen LogP contribution in [0.25, 0.3) is 5.69 Å². The number of allylic oxidation sites excluding steroid dienone is 2. The van der Waals surface area contributed by atoms with E-state index >= 15 is 0 Å². The molecule has 2 heterocycles. The van der Waals surface area contributed by atoms with E-state index in [0.717, 1.165) is 55.4 Å². The van der Waals surface area contributed by atoms with Gasteiger partial charge in [0.15, 0.2) is 0 Å². The SMILES string of the molecule is C[C@H](CCCC(C)(C)O)[C@H]1CC[C@H]2/C(=C/C3C4=C(Cn5c(=O)n(-c6ccc(N(C)C)cc6)c(=O)n53)[C@@H](O)C[C@H](O)C4)CCC[C@]12C. The highest BCUT2D eigenvalue weighted by atomic mass is 16.3. The molecule has 0 saturated heterocycles. The van der Waals surface area contributed by atoms with Crippen LogP contribution in [0.5, 0.6) is 0 Å². The van der Waals surface area contributed by atoms with E-state index in [1.54, 1.807) is 16.8 Å². The number of aliphatic hydroxyl groups is 3. The third-order valence-electron chi connectivity index (χ3n) is 11.9. The van der Waals surface area contributed by atoms with Crippen LogP contribution < -0.4 is 16.3 Å². The Hall–Kier alpha value is -2.88. The number of anilines is 1. The minimum atomic E-state index is -0.852. The number of rotatable bonds is 8. The maximum Gasteiger partial charge on any atom is 0.352 e. The molecule has 2 saturated carbocycles. The number of aliphatic hydroxyl groups excluding tert-OH is 2. The Morgan fingerprint density at radius 3 is 2.48 bits per heavy atom. The molecule has 3 N–H and O–H groups in total. The minimum absolute atomic E-state index is 0.144. The zero-order valence-corrected chi connectivity index (χ0v) is 28.6. The van der Waals surface area contributed by atoms with Crippen LogP contribution in [0.3, 0.4) is 0 Å². The second-order valence-corrected chi connectivity index (χ2v) is 15.8. The maximum atomic E-state index is 14.2. The molecule has 46 heavy (non-hydrogen) atoms. The standard InChI is InChI=1S/C37H54N4O5/c1-23(9-7-17-36(2,3)46)30-15-16-31-24(10-8-18-37(30,31)4)19-32-28-20-27(42)21-33(43)29(28)22-39-34(44)40(35(45)41(32)39)26-13-11-25(12-14-26)38(5)6/h11-14,19,23,27,30-33,42-43,46H,7-10,15-18,20-22H2,1-6H3/b24-19+/t23-,27-,30-,31+,32?,33+,37-/m1/s1. The summed E-state index contributed by atoms with van der Waals surface area (Å²) in [5.41, 5.74) is 3.19. The normalized spacial score (nSPS) is 31.1. The summed E-state index contributed by atoms with van der Waals surface area (Å²) in [6, 6.07) is 6.87. The van der Waals surface area contributed by atoms with Gasteiger partial charge in [-0.05, 0) is 117 Å². The van der Waals surface area contributed by atoms with Crippen LogP contribution in [0.15, 0.2) is 56.6 Å². The lowest BCUT2D eigenvalue weighted by atomic mass is 9.60. The Bertz CT molecular complexity index is 1620. The Morgan fingerprint density at radius 1 is 1.09 bits per heavy atom. The van der Waals surface area contributed by atoms with Gasteiger partial charge in [-0.25, -0.2) is 23.5 Å². The maximum absolute atomic E-state index is 14.2. The molecule has 0 spiro atoms. The molecule has 1 aromatic heterocycles. The molecule has 0 amide bonds. The summed E-state index contributed by atoms with van der Waals surface area (Å²) in [6.07, 6.45) is 9.73. The van der Waals surface area contributed by atoms with Gasteiger partial charge in [-0.1, -0.05) is 38.3 Å². The monoisotopic (exact) mass is 634 g/mol. The molecule has 1 aromatic carbocycles. The van der Waals surface area contributed by atoms with Crippen molar-refractivity contribution >= 4 is 5.69 Å². The van der Waals surface area contributed by atoms with Crippen molar-refractivity contribution in [3.05, 3.63) is 68.0 Å². The van der Waals surface area contributed by atoms with Crippen molar-refractivity contribution in [3.8, 4) is 5.69 Å². The lowest BCUT2D eigenvalue weighted by molar-refractivity contribution is 0.0594. The minimum Gasteiger partial charge on any atom is -0.393 e. The molecule has 3 aliphatic carbocycles. The summed E-state index contributed by atoms with van der Waals surface area (Å²) in [6.45, 7) is 8.77. The largest absolute Gasteiger partial charge is 0.393 e. The van der Waals surface area contributed by atoms with Crippen molar-refractivity contribution in [3.63, 3.8) is 0 Å². The Kier molecular flexibility index (Phi) is 8.83. The van der Waals surface area contributed by atoms with Crippen LogP contribution in [0, 0.1) is 23.2 Å². The van der Waals surface area contributed by atoms with E-state index in [1.165, 1.54) is 27.7 Å². The molecular formula is C37H54N4O5. The van der Waals surface area contributed by atoms with Crippen LogP contribution in [-0.2, 0) is 6.54 Å². The first-order chi connectivity index (χ1) is 21.7. The first-order valence-corrected chi connectivity index (χ1v) is 17.4. The molecule has 6 rings (SSSR count). The first-order valence-electron chi connectivity index (χ1n) is 17.4. The summed E-state index contributed by atoms with van der Waals surface area (Å²) < 4.78 is 4.35. The van der Waals surface area contributed by atoms with Crippen molar-refractivity contribution in [2.75, 3.05) is 19.0 Å². The van der Waals surface area contributed by atoms with Crippen molar-refractivity contribution in [1.29, 1.82) is 0 Å². The first kappa shape index (κ1) is 33.0. The highest BCUT2D eigenvalue weighted by Crippen LogP contribution is 2.60. The average Bonchev–Trinajstić information content (AvgIpc) is 3.46. The van der Waals surface area contributed by atoms with E-state index in [0.29, 0.717) is 29.9 Å². The summed E-state index contributed by atoms with van der Waals surface area (Å²) in [7, 11) is 3.89. The third kappa shape index (κ3) is 5.88. The van der Waals surface area contributed by atoms with Gasteiger partial charge in [0, 0.05) is 26.2 Å². The van der Waals surface area contributed by atoms with E-state index in [-0.39, 0.29) is 18.4 Å². The van der Waals surface area contributed by atoms with Gasteiger partial charge in [0.25, 0.3) is 0 Å². The van der Waals surface area contributed by atoms with E-state index in [9.17, 15) is 24.9 Å². The van der Waals surface area contributed by atoms with Gasteiger partial charge in [-0.15, -0.1) is 0 Å². The van der Waals surface area contributed by atoms with Crippen molar-refractivity contribution in [1.82, 2.24) is 13.9 Å². The number of fused-ring (bicyclic) bond motifs is 2. The zero-order valence-electron chi connectivity index (χ0n) is 28.6. The van der Waals surface area contributed by atoms with Gasteiger partial charge >= 0.3 is 11.4 Å². The van der Waals surface area contributed by atoms with E-state index < -0.39 is 35.2 Å². The predicted molar refractivity (Wildman–Crippen MR) is 181 cm³/mol. The molecule has 2 fully saturated rings. The lowest BCUT2D eigenvalue weighted by Crippen LogP contribution is -2.42. The molecule has 4 aliphatic rings. The Labute approximate surface area is 272 Å². The Balaban J connectivity index is 1.39. The second kappa shape index (κ2) is 12.3. The molecule has 7 atom stereocenters. The Morgan fingerprint density at radius 2 is 1.80 bits per heavy atom. The summed E-state index contributed by atoms with van der Waals surface area (Å²) in [4.78, 5) is 30.2. The quantitative estimate of drug-likeness (QED) is 0.354. The molecule has 252 valence electrons. The number of hydrogen-bond acceptors (Lipinski definition) is 6. The molecule has 1 aliphatic heterocycles. The van der Waals surface area contributed by atoms with Gasteiger partial charge in [0.1, 0.15) is 0 Å². The molecule has 9 heteroatoms. The average molecular weight is 635 g/mol.